The van der Waals surface area contributed by atoms with Crippen LogP contribution in [0.5, 0.6) is 0 Å². The molecule has 8 atom stereocenters. The summed E-state index contributed by atoms with van der Waals surface area (Å²) in [7, 11) is 0. The molecule has 6 rings (SSSR count). The number of Topliss-reactive ketones (excluding diaryl/α,β-unsaturated/α-hetero) is 1. The van der Waals surface area contributed by atoms with E-state index in [0.717, 1.165) is 22.0 Å². The summed E-state index contributed by atoms with van der Waals surface area (Å²) in [6, 6.07) is 9.43. The van der Waals surface area contributed by atoms with Crippen LogP contribution in [0.2, 0.25) is 0 Å². The van der Waals surface area contributed by atoms with Gasteiger partial charge in [-0.15, -0.1) is 0 Å². The molecule has 0 bridgehead atoms. The Bertz CT molecular complexity index is 1620. The van der Waals surface area contributed by atoms with Gasteiger partial charge >= 0.3 is 11.9 Å². The van der Waals surface area contributed by atoms with Crippen LogP contribution < -0.4 is 0 Å². The van der Waals surface area contributed by atoms with Crippen LogP contribution in [0.4, 0.5) is 0 Å². The third kappa shape index (κ3) is 4.48. The summed E-state index contributed by atoms with van der Waals surface area (Å²) in [5, 5.41) is 38.1. The zero-order valence-electron chi connectivity index (χ0n) is 27.7. The molecule has 3 saturated carbocycles. The summed E-state index contributed by atoms with van der Waals surface area (Å²) in [6.45, 7) is 10.7. The maximum absolute atomic E-state index is 13.3. The minimum absolute atomic E-state index is 0.0223. The summed E-state index contributed by atoms with van der Waals surface area (Å²) >= 11 is 0. The maximum Gasteiger partial charge on any atom is 0.355 e. The molecule has 0 amide bonds. The van der Waals surface area contributed by atoms with Gasteiger partial charge in [-0.3, -0.25) is 4.79 Å². The van der Waals surface area contributed by atoms with Gasteiger partial charge in [0.15, 0.2) is 5.78 Å². The molecule has 9 nitrogen and oxygen atoms in total. The molecule has 46 heavy (non-hydrogen) atoms. The highest BCUT2D eigenvalue weighted by Crippen LogP contribution is 2.71. The zero-order valence-corrected chi connectivity index (χ0v) is 27.7. The molecule has 0 spiro atoms. The maximum atomic E-state index is 13.3. The zero-order chi connectivity index (χ0) is 33.4. The molecule has 1 aromatic carbocycles. The third-order valence-corrected chi connectivity index (χ3v) is 12.7. The number of ether oxygens (including phenoxy) is 2. The SMILES string of the molecule is CC(=O)[C@]1(O)CC[C@@]2(O)[C@]1(C)[C@H](OC(=O)/C=C(\C)C(C)C)C[C@@H]1[C@@]3(C)CC[C@H](OC(=O)c4cc5ccccc5[nH]4)CC3=CC[C@]12O. The lowest BCUT2D eigenvalue weighted by molar-refractivity contribution is -0.314. The predicted octanol–water partition coefficient (Wildman–Crippen LogP) is 5.33. The summed E-state index contributed by atoms with van der Waals surface area (Å²) < 4.78 is 12.1. The number of aliphatic hydroxyl groups is 3. The fraction of sp³-hybridized carbons (Fsp3) is 0.595. The molecular formula is C37H47NO8. The Balaban J connectivity index is 1.32. The first-order chi connectivity index (χ1) is 21.5. The minimum atomic E-state index is -2.00. The van der Waals surface area contributed by atoms with Gasteiger partial charge in [-0.05, 0) is 82.8 Å². The molecule has 1 aromatic heterocycles. The van der Waals surface area contributed by atoms with Gasteiger partial charge in [0, 0.05) is 29.3 Å². The van der Waals surface area contributed by atoms with Gasteiger partial charge in [-0.1, -0.05) is 56.2 Å². The summed E-state index contributed by atoms with van der Waals surface area (Å²) in [5.74, 6) is -1.99. The lowest BCUT2D eigenvalue weighted by Gasteiger charge is -2.67. The van der Waals surface area contributed by atoms with E-state index in [2.05, 4.69) is 11.9 Å². The highest BCUT2D eigenvalue weighted by atomic mass is 16.6. The van der Waals surface area contributed by atoms with Gasteiger partial charge in [0.05, 0.1) is 5.41 Å². The van der Waals surface area contributed by atoms with E-state index < -0.39 is 57.4 Å². The standard InChI is InChI=1S/C37H47NO8/c1-21(2)22(3)17-31(40)46-30-20-29-33(5)13-12-26(45-32(41)28-18-24-9-7-8-10-27(24)38-28)19-25(33)11-14-36(29,43)37(44)16-15-35(42,23(4)39)34(30,37)6/h7-11,17-18,21,26,29-30,38,42-44H,12-16,19-20H2,1-6H3/b22-17+/t26-,29+,30+,33-,34+,35+,36-,37+/m0/s1. The summed E-state index contributed by atoms with van der Waals surface area (Å²) in [6.07, 6.45) is 3.71. The first-order valence-electron chi connectivity index (χ1n) is 16.6. The molecule has 0 aliphatic heterocycles. The van der Waals surface area contributed by atoms with Gasteiger partial charge in [0.25, 0.3) is 0 Å². The Morgan fingerprint density at radius 2 is 1.74 bits per heavy atom. The van der Waals surface area contributed by atoms with Crippen molar-refractivity contribution < 1.29 is 39.2 Å². The Hall–Kier alpha value is -3.27. The number of nitrogens with one attached hydrogen (secondary N) is 1. The van der Waals surface area contributed by atoms with Crippen molar-refractivity contribution in [2.45, 2.75) is 115 Å². The van der Waals surface area contributed by atoms with Crippen LogP contribution >= 0.6 is 0 Å². The molecule has 3 fully saturated rings. The van der Waals surface area contributed by atoms with Crippen molar-refractivity contribution >= 4 is 28.6 Å². The van der Waals surface area contributed by atoms with Gasteiger partial charge in [0.1, 0.15) is 34.7 Å². The van der Waals surface area contributed by atoms with Crippen molar-refractivity contribution in [2.24, 2.45) is 22.7 Å². The quantitative estimate of drug-likeness (QED) is 0.190. The van der Waals surface area contributed by atoms with Crippen LogP contribution in [0.25, 0.3) is 10.9 Å². The van der Waals surface area contributed by atoms with E-state index in [1.165, 1.54) is 13.0 Å². The molecule has 0 unspecified atom stereocenters. The number of esters is 2. The number of aromatic amines is 1. The monoisotopic (exact) mass is 633 g/mol. The molecule has 248 valence electrons. The molecule has 1 heterocycles. The van der Waals surface area contributed by atoms with Crippen LogP contribution in [0.3, 0.4) is 0 Å². The summed E-state index contributed by atoms with van der Waals surface area (Å²) in [5.41, 5.74) is -4.79. The van der Waals surface area contributed by atoms with Crippen LogP contribution in [-0.2, 0) is 19.1 Å². The normalized spacial score (nSPS) is 38.9. The number of carbonyl (C=O) groups is 3. The Morgan fingerprint density at radius 1 is 1.02 bits per heavy atom. The van der Waals surface area contributed by atoms with Crippen LogP contribution in [0.15, 0.2) is 53.6 Å². The third-order valence-electron chi connectivity index (χ3n) is 12.7. The van der Waals surface area contributed by atoms with Crippen molar-refractivity contribution in [1.29, 1.82) is 0 Å². The average Bonchev–Trinajstić information content (AvgIpc) is 3.53. The minimum Gasteiger partial charge on any atom is -0.458 e. The smallest absolute Gasteiger partial charge is 0.355 e. The number of benzene rings is 1. The number of allylic oxidation sites excluding steroid dienone is 1. The van der Waals surface area contributed by atoms with Gasteiger partial charge in [0.2, 0.25) is 0 Å². The molecule has 9 heteroatoms. The van der Waals surface area contributed by atoms with Crippen molar-refractivity contribution in [3.05, 3.63) is 59.3 Å². The Morgan fingerprint density at radius 3 is 2.41 bits per heavy atom. The number of H-pyrrole nitrogens is 1. The second-order valence-corrected chi connectivity index (χ2v) is 15.1. The van der Waals surface area contributed by atoms with E-state index in [-0.39, 0.29) is 37.7 Å². The number of fused-ring (bicyclic) bond motifs is 6. The first-order valence-corrected chi connectivity index (χ1v) is 16.6. The fourth-order valence-corrected chi connectivity index (χ4v) is 9.38. The first kappa shape index (κ1) is 32.7. The fourth-order valence-electron chi connectivity index (χ4n) is 9.38. The average molecular weight is 634 g/mol. The van der Waals surface area contributed by atoms with E-state index in [0.29, 0.717) is 25.0 Å². The van der Waals surface area contributed by atoms with E-state index in [1.807, 2.05) is 51.1 Å². The summed E-state index contributed by atoms with van der Waals surface area (Å²) in [4.78, 5) is 42.6. The number of hydrogen-bond acceptors (Lipinski definition) is 8. The number of para-hydroxylation sites is 1. The molecular weight excluding hydrogens is 586 g/mol. The predicted molar refractivity (Wildman–Crippen MR) is 172 cm³/mol. The highest BCUT2D eigenvalue weighted by Gasteiger charge is 2.81. The van der Waals surface area contributed by atoms with Gasteiger partial charge in [-0.2, -0.15) is 0 Å². The van der Waals surface area contributed by atoms with Crippen LogP contribution in [0, 0.1) is 22.7 Å². The van der Waals surface area contributed by atoms with Gasteiger partial charge in [-0.25, -0.2) is 9.59 Å². The van der Waals surface area contributed by atoms with Crippen LogP contribution in [-0.4, -0.2) is 67.0 Å². The topological polar surface area (TPSA) is 146 Å². The second-order valence-electron chi connectivity index (χ2n) is 15.1. The van der Waals surface area contributed by atoms with Crippen molar-refractivity contribution in [3.63, 3.8) is 0 Å². The van der Waals surface area contributed by atoms with E-state index in [9.17, 15) is 29.7 Å². The Labute approximate surface area is 270 Å². The van der Waals surface area contributed by atoms with Crippen molar-refractivity contribution in [3.8, 4) is 0 Å². The molecule has 4 aliphatic rings. The highest BCUT2D eigenvalue weighted by molar-refractivity contribution is 5.94. The second kappa shape index (κ2) is 10.9. The van der Waals surface area contributed by atoms with Gasteiger partial charge < -0.3 is 29.8 Å². The number of rotatable bonds is 6. The Kier molecular flexibility index (Phi) is 7.73. The van der Waals surface area contributed by atoms with E-state index >= 15 is 0 Å². The number of hydrogen-bond donors (Lipinski definition) is 4. The van der Waals surface area contributed by atoms with E-state index in [4.69, 9.17) is 9.47 Å². The lowest BCUT2D eigenvalue weighted by atomic mass is 9.42. The molecule has 4 N–H and O–H groups in total. The van der Waals surface area contributed by atoms with Crippen LogP contribution in [0.1, 0.15) is 97.0 Å². The number of carbonyl (C=O) groups excluding carboxylic acids is 3. The molecule has 0 saturated heterocycles. The molecule has 0 radical (unpaired) electrons. The molecule has 4 aliphatic carbocycles. The molecule has 2 aromatic rings. The largest absolute Gasteiger partial charge is 0.458 e. The number of ketones is 1. The van der Waals surface area contributed by atoms with Crippen molar-refractivity contribution in [2.75, 3.05) is 0 Å². The number of aromatic nitrogens is 1. The lowest BCUT2D eigenvalue weighted by Crippen LogP contribution is -2.78. The van der Waals surface area contributed by atoms with Crippen molar-refractivity contribution in [1.82, 2.24) is 4.98 Å². The van der Waals surface area contributed by atoms with E-state index in [1.54, 1.807) is 13.0 Å².